The normalized spacial score (nSPS) is 14.9. The van der Waals surface area contributed by atoms with Crippen molar-refractivity contribution >= 4 is 29.2 Å². The van der Waals surface area contributed by atoms with Crippen LogP contribution in [0.25, 0.3) is 11.4 Å². The average molecular weight is 383 g/mol. The van der Waals surface area contributed by atoms with Gasteiger partial charge in [-0.05, 0) is 31.0 Å². The largest absolute Gasteiger partial charge is 0.326 e. The molecule has 1 N–H and O–H groups in total. The highest BCUT2D eigenvalue weighted by molar-refractivity contribution is 6.30. The summed E-state index contributed by atoms with van der Waals surface area (Å²) < 4.78 is 5.41. The summed E-state index contributed by atoms with van der Waals surface area (Å²) in [6.07, 6.45) is 1.46. The molecule has 6 nitrogen and oxygen atoms in total. The van der Waals surface area contributed by atoms with E-state index in [0.717, 1.165) is 24.1 Å². The third kappa shape index (κ3) is 4.11. The van der Waals surface area contributed by atoms with Crippen LogP contribution in [0.3, 0.4) is 0 Å². The van der Waals surface area contributed by atoms with Crippen LogP contribution in [0.5, 0.6) is 0 Å². The van der Waals surface area contributed by atoms with Gasteiger partial charge >= 0.3 is 6.01 Å². The zero-order valence-electron chi connectivity index (χ0n) is 14.6. The summed E-state index contributed by atoms with van der Waals surface area (Å²) in [5.41, 5.74) is 1.64. The van der Waals surface area contributed by atoms with Gasteiger partial charge in [0.25, 0.3) is 0 Å². The van der Waals surface area contributed by atoms with E-state index in [0.29, 0.717) is 30.0 Å². The quantitative estimate of drug-likeness (QED) is 0.730. The number of carbonyl (C=O) groups excluding carboxylic acids is 1. The van der Waals surface area contributed by atoms with Gasteiger partial charge in [-0.15, -0.1) is 0 Å². The topological polar surface area (TPSA) is 71.3 Å². The van der Waals surface area contributed by atoms with Crippen LogP contribution in [0.4, 0.5) is 11.7 Å². The van der Waals surface area contributed by atoms with Crippen molar-refractivity contribution in [3.63, 3.8) is 0 Å². The average Bonchev–Trinajstić information content (AvgIpc) is 3.19. The molecule has 138 valence electrons. The van der Waals surface area contributed by atoms with Crippen LogP contribution >= 0.6 is 11.6 Å². The molecular formula is C20H19ClN4O2. The van der Waals surface area contributed by atoms with Crippen molar-refractivity contribution in [1.29, 1.82) is 0 Å². The minimum atomic E-state index is -0.0447. The summed E-state index contributed by atoms with van der Waals surface area (Å²) in [5.74, 6) is 0.551. The Morgan fingerprint density at radius 3 is 2.63 bits per heavy atom. The number of nitrogens with one attached hydrogen (secondary N) is 1. The first-order chi connectivity index (χ1) is 13.2. The summed E-state index contributed by atoms with van der Waals surface area (Å²) in [6.45, 7) is 1.40. The molecule has 0 unspecified atom stereocenters. The summed E-state index contributed by atoms with van der Waals surface area (Å²) in [6, 6.07) is 17.4. The van der Waals surface area contributed by atoms with Crippen LogP contribution in [-0.2, 0) is 4.79 Å². The van der Waals surface area contributed by atoms with Gasteiger partial charge in [-0.1, -0.05) is 53.2 Å². The number of nitrogens with zero attached hydrogens (tertiary/aromatic N) is 3. The van der Waals surface area contributed by atoms with Gasteiger partial charge in [0.2, 0.25) is 11.7 Å². The first-order valence-corrected chi connectivity index (χ1v) is 9.27. The molecule has 1 aliphatic heterocycles. The van der Waals surface area contributed by atoms with E-state index >= 15 is 0 Å². The number of piperidine rings is 1. The Morgan fingerprint density at radius 2 is 1.89 bits per heavy atom. The van der Waals surface area contributed by atoms with Gasteiger partial charge in [-0.2, -0.15) is 4.98 Å². The van der Waals surface area contributed by atoms with Crippen molar-refractivity contribution < 1.29 is 9.32 Å². The Balaban J connectivity index is 1.35. The van der Waals surface area contributed by atoms with Gasteiger partial charge in [0, 0.05) is 35.3 Å². The van der Waals surface area contributed by atoms with E-state index in [2.05, 4.69) is 15.5 Å². The van der Waals surface area contributed by atoms with Gasteiger partial charge in [0.1, 0.15) is 0 Å². The highest BCUT2D eigenvalue weighted by Gasteiger charge is 2.27. The molecule has 0 aliphatic carbocycles. The van der Waals surface area contributed by atoms with E-state index in [4.69, 9.17) is 16.1 Å². The van der Waals surface area contributed by atoms with Crippen molar-refractivity contribution in [3.05, 3.63) is 59.6 Å². The lowest BCUT2D eigenvalue weighted by Crippen LogP contribution is -2.38. The Labute approximate surface area is 162 Å². The fourth-order valence-electron chi connectivity index (χ4n) is 3.19. The van der Waals surface area contributed by atoms with Crippen LogP contribution in [0.2, 0.25) is 5.02 Å². The number of halogens is 1. The van der Waals surface area contributed by atoms with Crippen molar-refractivity contribution in [3.8, 4) is 11.4 Å². The molecule has 1 amide bonds. The Bertz CT molecular complexity index is 920. The zero-order valence-corrected chi connectivity index (χ0v) is 15.4. The molecule has 3 aromatic rings. The fourth-order valence-corrected chi connectivity index (χ4v) is 3.38. The van der Waals surface area contributed by atoms with E-state index in [1.54, 1.807) is 12.1 Å². The second-order valence-corrected chi connectivity index (χ2v) is 6.96. The molecule has 2 heterocycles. The molecule has 0 spiro atoms. The second-order valence-electron chi connectivity index (χ2n) is 6.53. The van der Waals surface area contributed by atoms with Crippen LogP contribution in [0, 0.1) is 5.92 Å². The maximum absolute atomic E-state index is 12.5. The molecule has 0 atom stereocenters. The van der Waals surface area contributed by atoms with Crippen molar-refractivity contribution in [2.24, 2.45) is 5.92 Å². The van der Waals surface area contributed by atoms with Gasteiger partial charge in [-0.25, -0.2) is 0 Å². The number of aromatic nitrogens is 2. The first kappa shape index (κ1) is 17.5. The molecule has 0 bridgehead atoms. The second kappa shape index (κ2) is 7.80. The van der Waals surface area contributed by atoms with E-state index in [-0.39, 0.29) is 11.8 Å². The molecule has 1 aromatic heterocycles. The van der Waals surface area contributed by atoms with Crippen molar-refractivity contribution in [2.75, 3.05) is 23.3 Å². The number of hydrogen-bond donors (Lipinski definition) is 1. The molecule has 0 saturated carbocycles. The lowest BCUT2D eigenvalue weighted by Gasteiger charge is -2.29. The Kier molecular flexibility index (Phi) is 5.07. The summed E-state index contributed by atoms with van der Waals surface area (Å²) in [5, 5.41) is 7.60. The molecule has 2 aromatic carbocycles. The third-order valence-corrected chi connectivity index (χ3v) is 4.91. The molecular weight excluding hydrogens is 364 g/mol. The summed E-state index contributed by atoms with van der Waals surface area (Å²) in [4.78, 5) is 19.0. The molecule has 0 radical (unpaired) electrons. The standard InChI is InChI=1S/C20H19ClN4O2/c21-16-7-4-8-17(13-16)22-19(26)15-9-11-25(12-10-15)20-23-18(24-27-20)14-5-2-1-3-6-14/h1-8,13,15H,9-12H2,(H,22,26). The highest BCUT2D eigenvalue weighted by atomic mass is 35.5. The first-order valence-electron chi connectivity index (χ1n) is 8.89. The lowest BCUT2D eigenvalue weighted by molar-refractivity contribution is -0.120. The number of anilines is 2. The van der Waals surface area contributed by atoms with Crippen LogP contribution in [-0.4, -0.2) is 29.1 Å². The summed E-state index contributed by atoms with van der Waals surface area (Å²) in [7, 11) is 0. The fraction of sp³-hybridized carbons (Fsp3) is 0.250. The molecule has 1 aliphatic rings. The predicted octanol–water partition coefficient (Wildman–Crippen LogP) is 4.25. The highest BCUT2D eigenvalue weighted by Crippen LogP contribution is 2.26. The number of rotatable bonds is 4. The Morgan fingerprint density at radius 1 is 1.11 bits per heavy atom. The van der Waals surface area contributed by atoms with Gasteiger partial charge < -0.3 is 14.7 Å². The van der Waals surface area contributed by atoms with Crippen LogP contribution < -0.4 is 10.2 Å². The molecule has 1 saturated heterocycles. The maximum Gasteiger partial charge on any atom is 0.324 e. The molecule has 27 heavy (non-hydrogen) atoms. The Hall–Kier alpha value is -2.86. The van der Waals surface area contributed by atoms with Crippen molar-refractivity contribution in [1.82, 2.24) is 10.1 Å². The SMILES string of the molecule is O=C(Nc1cccc(Cl)c1)C1CCN(c2nc(-c3ccccc3)no2)CC1. The summed E-state index contributed by atoms with van der Waals surface area (Å²) >= 11 is 5.97. The lowest BCUT2D eigenvalue weighted by atomic mass is 9.96. The van der Waals surface area contributed by atoms with Gasteiger partial charge in [0.15, 0.2) is 0 Å². The predicted molar refractivity (Wildman–Crippen MR) is 105 cm³/mol. The molecule has 1 fully saturated rings. The third-order valence-electron chi connectivity index (χ3n) is 4.68. The zero-order chi connectivity index (χ0) is 18.6. The number of amides is 1. The molecule has 4 rings (SSSR count). The minimum Gasteiger partial charge on any atom is -0.326 e. The van der Waals surface area contributed by atoms with Crippen molar-refractivity contribution in [2.45, 2.75) is 12.8 Å². The van der Waals surface area contributed by atoms with E-state index < -0.39 is 0 Å². The number of benzene rings is 2. The number of carbonyl (C=O) groups is 1. The smallest absolute Gasteiger partial charge is 0.324 e. The van der Waals surface area contributed by atoms with Gasteiger partial charge in [-0.3, -0.25) is 4.79 Å². The monoisotopic (exact) mass is 382 g/mol. The minimum absolute atomic E-state index is 0.0208. The van der Waals surface area contributed by atoms with Crippen LogP contribution in [0.15, 0.2) is 59.1 Å². The van der Waals surface area contributed by atoms with Gasteiger partial charge in [0.05, 0.1) is 0 Å². The number of hydrogen-bond acceptors (Lipinski definition) is 5. The van der Waals surface area contributed by atoms with E-state index in [9.17, 15) is 4.79 Å². The maximum atomic E-state index is 12.5. The van der Waals surface area contributed by atoms with E-state index in [1.165, 1.54) is 0 Å². The van der Waals surface area contributed by atoms with Crippen LogP contribution in [0.1, 0.15) is 12.8 Å². The van der Waals surface area contributed by atoms with E-state index in [1.807, 2.05) is 47.4 Å². The molecule has 7 heteroatoms.